The molecule has 0 saturated heterocycles. The Morgan fingerprint density at radius 1 is 1.44 bits per heavy atom. The Morgan fingerprint density at radius 2 is 2.00 bits per heavy atom. The van der Waals surface area contributed by atoms with Crippen LogP contribution in [0, 0.1) is 11.3 Å². The molecule has 1 atom stereocenters. The number of carbonyl (C=O) groups is 2. The molecule has 3 nitrogen and oxygen atoms in total. The van der Waals surface area contributed by atoms with Gasteiger partial charge >= 0.3 is 5.97 Å². The first-order valence-electron chi connectivity index (χ1n) is 5.55. The van der Waals surface area contributed by atoms with Crippen molar-refractivity contribution in [3.63, 3.8) is 0 Å². The van der Waals surface area contributed by atoms with Gasteiger partial charge in [0, 0.05) is 6.42 Å². The van der Waals surface area contributed by atoms with Crippen LogP contribution in [0.2, 0.25) is 0 Å². The molecule has 1 aliphatic carbocycles. The number of carbonyl (C=O) groups excluding carboxylic acids is 1. The summed E-state index contributed by atoms with van der Waals surface area (Å²) < 4.78 is 0. The van der Waals surface area contributed by atoms with Crippen molar-refractivity contribution in [1.29, 1.82) is 0 Å². The summed E-state index contributed by atoms with van der Waals surface area (Å²) >= 11 is 0. The first kappa shape index (κ1) is 12.7. The van der Waals surface area contributed by atoms with E-state index in [-0.39, 0.29) is 5.78 Å². The van der Waals surface area contributed by atoms with Gasteiger partial charge in [-0.25, -0.2) is 0 Å². The van der Waals surface area contributed by atoms with Gasteiger partial charge in [-0.2, -0.15) is 0 Å². The van der Waals surface area contributed by atoms with Gasteiger partial charge < -0.3 is 5.11 Å². The second-order valence-corrected chi connectivity index (χ2v) is 4.44. The SMILES string of the molecule is C=CCC1(CC=C)CCCC(=O)C1C(=O)O. The number of rotatable bonds is 5. The van der Waals surface area contributed by atoms with E-state index in [0.29, 0.717) is 19.3 Å². The maximum atomic E-state index is 11.8. The van der Waals surface area contributed by atoms with Crippen LogP contribution in [0.15, 0.2) is 25.3 Å². The Hall–Kier alpha value is -1.38. The summed E-state index contributed by atoms with van der Waals surface area (Å²) in [5.74, 6) is -2.05. The van der Waals surface area contributed by atoms with Crippen LogP contribution in [0.5, 0.6) is 0 Å². The first-order chi connectivity index (χ1) is 7.57. The molecular formula is C13H18O3. The van der Waals surface area contributed by atoms with Crippen LogP contribution < -0.4 is 0 Å². The summed E-state index contributed by atoms with van der Waals surface area (Å²) in [6, 6.07) is 0. The molecule has 0 radical (unpaired) electrons. The Kier molecular flexibility index (Phi) is 4.05. The average Bonchev–Trinajstić information content (AvgIpc) is 2.17. The zero-order valence-electron chi connectivity index (χ0n) is 9.45. The highest BCUT2D eigenvalue weighted by molar-refractivity contribution is 5.99. The predicted octanol–water partition coefficient (Wildman–Crippen LogP) is 2.58. The average molecular weight is 222 g/mol. The summed E-state index contributed by atoms with van der Waals surface area (Å²) in [5, 5.41) is 9.21. The van der Waals surface area contributed by atoms with Crippen LogP contribution in [0.3, 0.4) is 0 Å². The van der Waals surface area contributed by atoms with Crippen LogP contribution in [-0.2, 0) is 9.59 Å². The highest BCUT2D eigenvalue weighted by atomic mass is 16.4. The van der Waals surface area contributed by atoms with Crippen molar-refractivity contribution in [3.05, 3.63) is 25.3 Å². The van der Waals surface area contributed by atoms with Crippen LogP contribution in [-0.4, -0.2) is 16.9 Å². The van der Waals surface area contributed by atoms with Crippen LogP contribution >= 0.6 is 0 Å². The predicted molar refractivity (Wildman–Crippen MR) is 62.0 cm³/mol. The minimum Gasteiger partial charge on any atom is -0.481 e. The van der Waals surface area contributed by atoms with Crippen molar-refractivity contribution in [2.24, 2.45) is 11.3 Å². The molecule has 0 aromatic heterocycles. The molecule has 1 aliphatic rings. The molecule has 0 amide bonds. The molecule has 0 bridgehead atoms. The third-order valence-electron chi connectivity index (χ3n) is 3.38. The fourth-order valence-electron chi connectivity index (χ4n) is 2.74. The first-order valence-corrected chi connectivity index (χ1v) is 5.55. The highest BCUT2D eigenvalue weighted by Crippen LogP contribution is 2.45. The lowest BCUT2D eigenvalue weighted by molar-refractivity contribution is -0.154. The molecule has 88 valence electrons. The molecule has 1 rings (SSSR count). The molecule has 3 heteroatoms. The zero-order valence-corrected chi connectivity index (χ0v) is 9.45. The van der Waals surface area contributed by atoms with Crippen molar-refractivity contribution in [3.8, 4) is 0 Å². The highest BCUT2D eigenvalue weighted by Gasteiger charge is 2.47. The second kappa shape index (κ2) is 5.10. The van der Waals surface area contributed by atoms with Crippen molar-refractivity contribution in [2.75, 3.05) is 0 Å². The third-order valence-corrected chi connectivity index (χ3v) is 3.38. The molecule has 16 heavy (non-hydrogen) atoms. The lowest BCUT2D eigenvalue weighted by Gasteiger charge is -2.40. The largest absolute Gasteiger partial charge is 0.481 e. The van der Waals surface area contributed by atoms with Crippen LogP contribution in [0.25, 0.3) is 0 Å². The van der Waals surface area contributed by atoms with Gasteiger partial charge in [-0.05, 0) is 31.1 Å². The van der Waals surface area contributed by atoms with E-state index in [1.54, 1.807) is 12.2 Å². The second-order valence-electron chi connectivity index (χ2n) is 4.44. The molecule has 0 aromatic carbocycles. The Labute approximate surface area is 95.9 Å². The number of carboxylic acid groups (broad SMARTS) is 1. The number of Topliss-reactive ketones (excluding diaryl/α,β-unsaturated/α-hetero) is 1. The van der Waals surface area contributed by atoms with E-state index >= 15 is 0 Å². The van der Waals surface area contributed by atoms with E-state index in [1.807, 2.05) is 0 Å². The summed E-state index contributed by atoms with van der Waals surface area (Å²) in [6.07, 6.45) is 6.44. The van der Waals surface area contributed by atoms with Crippen LogP contribution in [0.4, 0.5) is 0 Å². The maximum Gasteiger partial charge on any atom is 0.314 e. The van der Waals surface area contributed by atoms with Gasteiger partial charge in [0.05, 0.1) is 0 Å². The van der Waals surface area contributed by atoms with Gasteiger partial charge in [0.15, 0.2) is 0 Å². The van der Waals surface area contributed by atoms with Crippen LogP contribution in [0.1, 0.15) is 32.1 Å². The lowest BCUT2D eigenvalue weighted by Crippen LogP contribution is -2.43. The van der Waals surface area contributed by atoms with Gasteiger partial charge in [-0.3, -0.25) is 9.59 Å². The Morgan fingerprint density at radius 3 is 2.44 bits per heavy atom. The summed E-state index contributed by atoms with van der Waals surface area (Å²) in [7, 11) is 0. The van der Waals surface area contributed by atoms with Gasteiger partial charge in [-0.1, -0.05) is 12.2 Å². The number of aliphatic carboxylic acids is 1. The number of carboxylic acids is 1. The van der Waals surface area contributed by atoms with Gasteiger partial charge in [0.2, 0.25) is 0 Å². The molecule has 1 unspecified atom stereocenters. The molecule has 1 fully saturated rings. The molecule has 0 aliphatic heterocycles. The quantitative estimate of drug-likeness (QED) is 0.574. The Balaban J connectivity index is 3.08. The maximum absolute atomic E-state index is 11.8. The lowest BCUT2D eigenvalue weighted by atomic mass is 9.62. The molecule has 0 spiro atoms. The number of hydrogen-bond donors (Lipinski definition) is 1. The zero-order chi connectivity index (χ0) is 12.2. The van der Waals surface area contributed by atoms with E-state index in [0.717, 1.165) is 12.8 Å². The van der Waals surface area contributed by atoms with Gasteiger partial charge in [0.25, 0.3) is 0 Å². The Bertz CT molecular complexity index is 307. The summed E-state index contributed by atoms with van der Waals surface area (Å²) in [5.41, 5.74) is -0.495. The molecule has 0 heterocycles. The van der Waals surface area contributed by atoms with E-state index < -0.39 is 17.3 Å². The van der Waals surface area contributed by atoms with E-state index in [9.17, 15) is 14.7 Å². The minimum atomic E-state index is -1.01. The minimum absolute atomic E-state index is 0.151. The van der Waals surface area contributed by atoms with Crippen molar-refractivity contribution < 1.29 is 14.7 Å². The van der Waals surface area contributed by atoms with Crippen molar-refractivity contribution in [2.45, 2.75) is 32.1 Å². The van der Waals surface area contributed by atoms with E-state index in [4.69, 9.17) is 0 Å². The molecule has 0 aromatic rings. The number of allylic oxidation sites excluding steroid dienone is 2. The fraction of sp³-hybridized carbons (Fsp3) is 0.538. The third kappa shape index (κ3) is 2.23. The molecular weight excluding hydrogens is 204 g/mol. The van der Waals surface area contributed by atoms with Crippen molar-refractivity contribution >= 4 is 11.8 Å². The smallest absolute Gasteiger partial charge is 0.314 e. The van der Waals surface area contributed by atoms with E-state index in [1.165, 1.54) is 0 Å². The molecule has 1 N–H and O–H groups in total. The van der Waals surface area contributed by atoms with Crippen molar-refractivity contribution in [1.82, 2.24) is 0 Å². The monoisotopic (exact) mass is 222 g/mol. The summed E-state index contributed by atoms with van der Waals surface area (Å²) in [6.45, 7) is 7.32. The van der Waals surface area contributed by atoms with Gasteiger partial charge in [0.1, 0.15) is 11.7 Å². The molecule has 1 saturated carbocycles. The standard InChI is InChI=1S/C13H18O3/c1-3-7-13(8-4-2)9-5-6-10(14)11(13)12(15)16/h3-4,11H,1-2,5-9H2,(H,15,16). The normalized spacial score (nSPS) is 23.8. The van der Waals surface area contributed by atoms with E-state index in [2.05, 4.69) is 13.2 Å². The fourth-order valence-corrected chi connectivity index (χ4v) is 2.74. The topological polar surface area (TPSA) is 54.4 Å². The number of ketones is 1. The summed E-state index contributed by atoms with van der Waals surface area (Å²) in [4.78, 5) is 23.0. The number of hydrogen-bond acceptors (Lipinski definition) is 2. The van der Waals surface area contributed by atoms with Gasteiger partial charge in [-0.15, -0.1) is 13.2 Å².